The second-order valence-corrected chi connectivity index (χ2v) is 7.64. The molecule has 0 saturated carbocycles. The van der Waals surface area contributed by atoms with E-state index >= 15 is 0 Å². The number of rotatable bonds is 5. The van der Waals surface area contributed by atoms with E-state index < -0.39 is 15.9 Å². The Hall–Kier alpha value is -1.80. The molecule has 21 heavy (non-hydrogen) atoms. The van der Waals surface area contributed by atoms with Crippen LogP contribution in [0.15, 0.2) is 35.7 Å². The fourth-order valence-corrected chi connectivity index (χ4v) is 3.70. The average Bonchev–Trinajstić information content (AvgIpc) is 2.87. The first-order valence-electron chi connectivity index (χ1n) is 6.30. The summed E-state index contributed by atoms with van der Waals surface area (Å²) in [5.74, 6) is -0.177. The van der Waals surface area contributed by atoms with Gasteiger partial charge in [-0.25, -0.2) is 9.71 Å². The number of hydrogen-bond acceptors (Lipinski definition) is 6. The van der Waals surface area contributed by atoms with Crippen LogP contribution in [0.5, 0.6) is 0 Å². The van der Waals surface area contributed by atoms with E-state index in [0.29, 0.717) is 10.8 Å². The van der Waals surface area contributed by atoms with E-state index in [2.05, 4.69) is 23.8 Å². The van der Waals surface area contributed by atoms with Crippen LogP contribution in [0.25, 0.3) is 0 Å². The molecule has 6 nitrogen and oxygen atoms in total. The largest absolute Gasteiger partial charge is 0.283 e. The SMILES string of the molecule is CC(C)Cc1ccc(C(=O)NS(=O)(=O)c2cnccn2)s1. The Labute approximate surface area is 127 Å². The molecule has 0 atom stereocenters. The molecule has 0 unspecified atom stereocenters. The molecule has 1 amide bonds. The molecule has 2 aromatic rings. The Bertz CT molecular complexity index is 724. The maximum atomic E-state index is 12.0. The number of aromatic nitrogens is 2. The summed E-state index contributed by atoms with van der Waals surface area (Å²) in [5, 5.41) is -0.280. The first-order chi connectivity index (χ1) is 9.88. The zero-order chi connectivity index (χ0) is 15.5. The van der Waals surface area contributed by atoms with Gasteiger partial charge >= 0.3 is 0 Å². The van der Waals surface area contributed by atoms with E-state index in [9.17, 15) is 13.2 Å². The summed E-state index contributed by atoms with van der Waals surface area (Å²) in [6.45, 7) is 4.16. The first-order valence-corrected chi connectivity index (χ1v) is 8.60. The molecule has 0 radical (unpaired) electrons. The molecule has 2 aromatic heterocycles. The standard InChI is InChI=1S/C13H15N3O3S2/c1-9(2)7-10-3-4-11(20-10)13(17)16-21(18,19)12-8-14-5-6-15-12/h3-6,8-9H,7H2,1-2H3,(H,16,17). The van der Waals surface area contributed by atoms with Gasteiger partial charge in [0.05, 0.1) is 11.1 Å². The molecule has 2 heterocycles. The van der Waals surface area contributed by atoms with Crippen LogP contribution in [0.3, 0.4) is 0 Å². The van der Waals surface area contributed by atoms with Crippen molar-refractivity contribution in [3.63, 3.8) is 0 Å². The maximum Gasteiger partial charge on any atom is 0.283 e. The van der Waals surface area contributed by atoms with Crippen LogP contribution in [0.4, 0.5) is 0 Å². The van der Waals surface area contributed by atoms with Crippen molar-refractivity contribution in [3.8, 4) is 0 Å². The number of nitrogens with one attached hydrogen (secondary N) is 1. The monoisotopic (exact) mass is 325 g/mol. The summed E-state index contributed by atoms with van der Waals surface area (Å²) in [6.07, 6.45) is 4.56. The predicted octanol–water partition coefficient (Wildman–Crippen LogP) is 1.86. The molecule has 0 fully saturated rings. The summed E-state index contributed by atoms with van der Waals surface area (Å²) < 4.78 is 25.9. The molecule has 2 rings (SSSR count). The molecule has 0 spiro atoms. The summed E-state index contributed by atoms with van der Waals surface area (Å²) >= 11 is 1.29. The van der Waals surface area contributed by atoms with E-state index in [1.165, 1.54) is 23.7 Å². The second kappa shape index (κ2) is 6.31. The quantitative estimate of drug-likeness (QED) is 0.906. The van der Waals surface area contributed by atoms with Gasteiger partial charge in [-0.15, -0.1) is 11.3 Å². The summed E-state index contributed by atoms with van der Waals surface area (Å²) in [5.41, 5.74) is 0. The van der Waals surface area contributed by atoms with Crippen LogP contribution in [0, 0.1) is 5.92 Å². The molecule has 1 N–H and O–H groups in total. The molecular weight excluding hydrogens is 310 g/mol. The Balaban J connectivity index is 2.13. The third kappa shape index (κ3) is 4.08. The number of carbonyl (C=O) groups is 1. The summed E-state index contributed by atoms with van der Waals surface area (Å²) in [6, 6.07) is 3.47. The normalized spacial score (nSPS) is 11.6. The molecule has 0 bridgehead atoms. The highest BCUT2D eigenvalue weighted by Gasteiger charge is 2.21. The highest BCUT2D eigenvalue weighted by molar-refractivity contribution is 7.90. The lowest BCUT2D eigenvalue weighted by atomic mass is 10.1. The van der Waals surface area contributed by atoms with E-state index in [1.807, 2.05) is 10.8 Å². The van der Waals surface area contributed by atoms with Gasteiger partial charge in [-0.1, -0.05) is 13.8 Å². The number of carbonyl (C=O) groups excluding carboxylic acids is 1. The van der Waals surface area contributed by atoms with E-state index in [1.54, 1.807) is 6.07 Å². The molecular formula is C13H15N3O3S2. The number of amides is 1. The van der Waals surface area contributed by atoms with Gasteiger partial charge in [-0.3, -0.25) is 9.78 Å². The van der Waals surface area contributed by atoms with Gasteiger partial charge in [0.2, 0.25) is 0 Å². The second-order valence-electron chi connectivity index (χ2n) is 4.84. The molecule has 0 aliphatic carbocycles. The third-order valence-corrected chi connectivity index (χ3v) is 4.86. The van der Waals surface area contributed by atoms with Crippen molar-refractivity contribution in [2.75, 3.05) is 0 Å². The average molecular weight is 325 g/mol. The Kier molecular flexibility index (Phi) is 4.69. The fourth-order valence-electron chi connectivity index (χ4n) is 1.66. The van der Waals surface area contributed by atoms with Crippen molar-refractivity contribution in [1.29, 1.82) is 0 Å². The van der Waals surface area contributed by atoms with Crippen molar-refractivity contribution in [2.24, 2.45) is 5.92 Å². The van der Waals surface area contributed by atoms with Crippen LogP contribution in [0.1, 0.15) is 28.4 Å². The van der Waals surface area contributed by atoms with Crippen molar-refractivity contribution >= 4 is 27.3 Å². The van der Waals surface area contributed by atoms with Gasteiger partial charge in [0.25, 0.3) is 15.9 Å². The van der Waals surface area contributed by atoms with Gasteiger partial charge in [-0.05, 0) is 24.5 Å². The zero-order valence-corrected chi connectivity index (χ0v) is 13.2. The van der Waals surface area contributed by atoms with Gasteiger partial charge in [0.1, 0.15) is 0 Å². The van der Waals surface area contributed by atoms with E-state index in [-0.39, 0.29) is 5.03 Å². The maximum absolute atomic E-state index is 12.0. The topological polar surface area (TPSA) is 89.0 Å². The van der Waals surface area contributed by atoms with Gasteiger partial charge in [0, 0.05) is 17.3 Å². The Morgan fingerprint density at radius 3 is 2.71 bits per heavy atom. The van der Waals surface area contributed by atoms with Crippen LogP contribution in [0.2, 0.25) is 0 Å². The first kappa shape index (κ1) is 15.6. The number of thiophene rings is 1. The van der Waals surface area contributed by atoms with Crippen LogP contribution in [-0.4, -0.2) is 24.3 Å². The lowest BCUT2D eigenvalue weighted by Crippen LogP contribution is -2.30. The van der Waals surface area contributed by atoms with E-state index in [0.717, 1.165) is 17.5 Å². The smallest absolute Gasteiger partial charge is 0.267 e. The molecule has 0 aromatic carbocycles. The van der Waals surface area contributed by atoms with Crippen LogP contribution >= 0.6 is 11.3 Å². The molecule has 0 saturated heterocycles. The Morgan fingerprint density at radius 1 is 1.33 bits per heavy atom. The van der Waals surface area contributed by atoms with Crippen LogP contribution < -0.4 is 4.72 Å². The third-order valence-electron chi connectivity index (χ3n) is 2.54. The predicted molar refractivity (Wildman–Crippen MR) is 79.5 cm³/mol. The zero-order valence-electron chi connectivity index (χ0n) is 11.6. The minimum Gasteiger partial charge on any atom is -0.267 e. The highest BCUT2D eigenvalue weighted by atomic mass is 32.2. The molecule has 8 heteroatoms. The fraction of sp³-hybridized carbons (Fsp3) is 0.308. The lowest BCUT2D eigenvalue weighted by molar-refractivity contribution is 0.0985. The molecule has 0 aliphatic rings. The van der Waals surface area contributed by atoms with Crippen molar-refractivity contribution in [2.45, 2.75) is 25.3 Å². The lowest BCUT2D eigenvalue weighted by Gasteiger charge is -2.04. The van der Waals surface area contributed by atoms with Crippen LogP contribution in [-0.2, 0) is 16.4 Å². The minimum atomic E-state index is -3.99. The minimum absolute atomic E-state index is 0.280. The number of nitrogens with zero attached hydrogens (tertiary/aromatic N) is 2. The van der Waals surface area contributed by atoms with Gasteiger partial charge in [-0.2, -0.15) is 8.42 Å². The van der Waals surface area contributed by atoms with Crippen molar-refractivity contribution < 1.29 is 13.2 Å². The van der Waals surface area contributed by atoms with Crippen molar-refractivity contribution in [3.05, 3.63) is 40.5 Å². The van der Waals surface area contributed by atoms with E-state index in [4.69, 9.17) is 0 Å². The number of sulfonamides is 1. The Morgan fingerprint density at radius 2 is 2.10 bits per heavy atom. The van der Waals surface area contributed by atoms with Crippen molar-refractivity contribution in [1.82, 2.24) is 14.7 Å². The van der Waals surface area contributed by atoms with Gasteiger partial charge in [0.15, 0.2) is 5.03 Å². The number of hydrogen-bond donors (Lipinski definition) is 1. The highest BCUT2D eigenvalue weighted by Crippen LogP contribution is 2.20. The molecule has 0 aliphatic heterocycles. The summed E-state index contributed by atoms with van der Waals surface area (Å²) in [4.78, 5) is 20.8. The van der Waals surface area contributed by atoms with Gasteiger partial charge < -0.3 is 0 Å². The molecule has 112 valence electrons. The summed E-state index contributed by atoms with van der Waals surface area (Å²) in [7, 11) is -3.99.